The Labute approximate surface area is 625 Å². The maximum Gasteiger partial charge on any atom is 0.306 e. The molecule has 0 saturated heterocycles. The number of carbonyl (C=O) groups is 3. The van der Waals surface area contributed by atoms with Crippen LogP contribution in [0.2, 0.25) is 0 Å². The van der Waals surface area contributed by atoms with Crippen molar-refractivity contribution >= 4 is 17.9 Å². The van der Waals surface area contributed by atoms with Crippen molar-refractivity contribution in [2.75, 3.05) is 47.5 Å². The highest BCUT2D eigenvalue weighted by Crippen LogP contribution is 2.20. The molecule has 0 bridgehead atoms. The summed E-state index contributed by atoms with van der Waals surface area (Å²) in [7, 11) is 5.94. The number of aliphatic carboxylic acids is 1. The number of esters is 2. The summed E-state index contributed by atoms with van der Waals surface area (Å²) in [6.07, 6.45) is 112. The van der Waals surface area contributed by atoms with E-state index in [4.69, 9.17) is 18.9 Å². The minimum atomic E-state index is -1.63. The third kappa shape index (κ3) is 83.1. The van der Waals surface area contributed by atoms with Crippen molar-refractivity contribution in [3.05, 3.63) is 109 Å². The maximum absolute atomic E-state index is 13.0. The first-order valence-corrected chi connectivity index (χ1v) is 43.0. The van der Waals surface area contributed by atoms with Gasteiger partial charge in [0.2, 0.25) is 0 Å². The first-order valence-electron chi connectivity index (χ1n) is 43.0. The van der Waals surface area contributed by atoms with Crippen molar-refractivity contribution in [1.82, 2.24) is 0 Å². The lowest BCUT2D eigenvalue weighted by Crippen LogP contribution is -2.44. The minimum Gasteiger partial charge on any atom is -0.545 e. The second kappa shape index (κ2) is 81.6. The summed E-state index contributed by atoms with van der Waals surface area (Å²) >= 11 is 0. The molecular weight excluding hydrogens is 1250 g/mol. The van der Waals surface area contributed by atoms with Crippen molar-refractivity contribution in [3.8, 4) is 0 Å². The van der Waals surface area contributed by atoms with Crippen LogP contribution in [0.15, 0.2) is 109 Å². The number of unbranched alkanes of at least 4 members (excludes halogenated alkanes) is 47. The first kappa shape index (κ1) is 97.0. The molecule has 2 atom stereocenters. The zero-order chi connectivity index (χ0) is 73.2. The summed E-state index contributed by atoms with van der Waals surface area (Å²) in [6.45, 7) is 4.68. The van der Waals surface area contributed by atoms with E-state index in [1.165, 1.54) is 276 Å². The number of carboxylic acid groups (broad SMARTS) is 1. The van der Waals surface area contributed by atoms with Gasteiger partial charge in [0.15, 0.2) is 12.4 Å². The zero-order valence-electron chi connectivity index (χ0n) is 67.0. The van der Waals surface area contributed by atoms with Gasteiger partial charge in [-0.3, -0.25) is 9.59 Å². The van der Waals surface area contributed by atoms with Gasteiger partial charge in [-0.25, -0.2) is 0 Å². The highest BCUT2D eigenvalue weighted by atomic mass is 16.7. The third-order valence-corrected chi connectivity index (χ3v) is 19.0. The lowest BCUT2D eigenvalue weighted by molar-refractivity contribution is -0.870. The van der Waals surface area contributed by atoms with Gasteiger partial charge in [-0.05, 0) is 103 Å². The molecule has 0 aliphatic rings. The molecule has 0 N–H and O–H groups in total. The number of ether oxygens (including phenoxy) is 4. The van der Waals surface area contributed by atoms with Gasteiger partial charge in [-0.15, -0.1) is 0 Å². The molecule has 0 fully saturated rings. The summed E-state index contributed by atoms with van der Waals surface area (Å²) in [6, 6.07) is 0. The molecule has 0 aromatic carbocycles. The molecule has 0 aliphatic heterocycles. The van der Waals surface area contributed by atoms with Crippen LogP contribution in [0, 0.1) is 0 Å². The highest BCUT2D eigenvalue weighted by Gasteiger charge is 2.22. The third-order valence-electron chi connectivity index (χ3n) is 19.0. The van der Waals surface area contributed by atoms with Crippen LogP contribution in [0.5, 0.6) is 0 Å². The van der Waals surface area contributed by atoms with Crippen LogP contribution in [0.1, 0.15) is 399 Å². The highest BCUT2D eigenvalue weighted by molar-refractivity contribution is 5.70. The Morgan fingerprint density at radius 3 is 0.851 bits per heavy atom. The molecule has 0 aromatic heterocycles. The SMILES string of the molecule is CC/C=C\C/C=C\C/C=C\C/C=C\C/C=C\C/C=C\C/C=C\C/C=C\CCCCCCCCCCCCCCC(=O)OC(COC(=O)CCCCCCCCCCCCCCCCCCCCCCCCCCCCC/C=C\CCCCCCCCCC)COC(OCC[N+](C)(C)C)C(=O)[O-]. The Bertz CT molecular complexity index is 2040. The predicted molar refractivity (Wildman–Crippen MR) is 435 cm³/mol. The van der Waals surface area contributed by atoms with Crippen LogP contribution in [0.4, 0.5) is 0 Å². The topological polar surface area (TPSA) is 111 Å². The molecule has 2 unspecified atom stereocenters. The van der Waals surface area contributed by atoms with E-state index >= 15 is 0 Å². The van der Waals surface area contributed by atoms with Gasteiger partial charge in [-0.2, -0.15) is 0 Å². The van der Waals surface area contributed by atoms with Crippen molar-refractivity contribution in [1.29, 1.82) is 0 Å². The van der Waals surface area contributed by atoms with E-state index in [0.29, 0.717) is 23.9 Å². The Morgan fingerprint density at radius 1 is 0.307 bits per heavy atom. The van der Waals surface area contributed by atoms with E-state index in [0.717, 1.165) is 89.9 Å². The molecule has 0 radical (unpaired) electrons. The van der Waals surface area contributed by atoms with Crippen molar-refractivity contribution < 1.29 is 42.9 Å². The van der Waals surface area contributed by atoms with Gasteiger partial charge in [-0.1, -0.05) is 393 Å². The summed E-state index contributed by atoms with van der Waals surface area (Å²) in [5.74, 6) is -2.27. The fourth-order valence-electron chi connectivity index (χ4n) is 12.5. The lowest BCUT2D eigenvalue weighted by atomic mass is 10.0. The van der Waals surface area contributed by atoms with Crippen molar-refractivity contribution in [3.63, 3.8) is 0 Å². The van der Waals surface area contributed by atoms with Crippen LogP contribution in [0.25, 0.3) is 0 Å². The Hall–Kier alpha value is -4.05. The number of nitrogens with zero attached hydrogens (tertiary/aromatic N) is 1. The molecule has 0 heterocycles. The zero-order valence-corrected chi connectivity index (χ0v) is 67.0. The summed E-state index contributed by atoms with van der Waals surface area (Å²) in [5.41, 5.74) is 0. The van der Waals surface area contributed by atoms with Gasteiger partial charge < -0.3 is 33.3 Å². The number of carboxylic acids is 1. The number of rotatable bonds is 80. The fraction of sp³-hybridized carbons (Fsp3) is 0.772. The van der Waals surface area contributed by atoms with Crippen LogP contribution in [-0.4, -0.2) is 82.3 Å². The number of hydrogen-bond donors (Lipinski definition) is 0. The molecular formula is C92H163NO8. The summed E-state index contributed by atoms with van der Waals surface area (Å²) in [4.78, 5) is 37.7. The molecule has 0 aromatic rings. The largest absolute Gasteiger partial charge is 0.545 e. The monoisotopic (exact) mass is 1410 g/mol. The normalized spacial score (nSPS) is 13.2. The van der Waals surface area contributed by atoms with Gasteiger partial charge in [0.05, 0.1) is 40.3 Å². The van der Waals surface area contributed by atoms with Gasteiger partial charge in [0.25, 0.3) is 0 Å². The number of quaternary nitrogens is 1. The molecule has 9 heteroatoms. The van der Waals surface area contributed by atoms with Crippen LogP contribution < -0.4 is 5.11 Å². The van der Waals surface area contributed by atoms with Crippen LogP contribution >= 0.6 is 0 Å². The van der Waals surface area contributed by atoms with E-state index in [2.05, 4.69) is 123 Å². The van der Waals surface area contributed by atoms with Gasteiger partial charge in [0.1, 0.15) is 13.2 Å². The molecule has 0 spiro atoms. The van der Waals surface area contributed by atoms with E-state index < -0.39 is 24.3 Å². The standard InChI is InChI=1S/C92H163NO8/c1-6-8-10-12-14-16-18-20-22-24-26-28-30-32-34-36-38-40-42-44-45-47-48-50-52-54-56-58-60-62-64-66-68-70-72-74-76-78-80-82-89(94)99-86-88(87-100-92(91(96)97)98-85-84-93(3,4)5)101-90(95)83-81-79-77-75-73-71-69-67-65-63-61-59-57-55-53-51-49-46-43-41-39-37-35-33-31-29-27-25-23-21-19-17-15-13-11-9-7-2/h9,11,15,17,21,23-24,26-27,29,33,35,39,41,46,49,53,55,88,92H,6-8,10,12-14,16,18-20,22,25,28,30-32,34,36-38,40,42-45,47-48,50-52,54,56-87H2,1-5H3/b11-9-,17-15-,23-21-,26-24-,29-27-,35-33-,41-39-,49-46-,55-53-. The van der Waals surface area contributed by atoms with Crippen molar-refractivity contribution in [2.24, 2.45) is 0 Å². The summed E-state index contributed by atoms with van der Waals surface area (Å²) < 4.78 is 22.9. The number of hydrogen-bond acceptors (Lipinski definition) is 8. The number of allylic oxidation sites excluding steroid dienone is 18. The quantitative estimate of drug-likeness (QED) is 0.0195. The molecule has 0 saturated carbocycles. The van der Waals surface area contributed by atoms with Gasteiger partial charge in [0, 0.05) is 12.8 Å². The van der Waals surface area contributed by atoms with E-state index in [-0.39, 0.29) is 32.2 Å². The van der Waals surface area contributed by atoms with Gasteiger partial charge >= 0.3 is 11.9 Å². The molecule has 0 amide bonds. The minimum absolute atomic E-state index is 0.145. The fourth-order valence-corrected chi connectivity index (χ4v) is 12.5. The summed E-state index contributed by atoms with van der Waals surface area (Å²) in [5, 5.41) is 11.9. The Kier molecular flexibility index (Phi) is 78.3. The Morgan fingerprint density at radius 2 is 0.564 bits per heavy atom. The smallest absolute Gasteiger partial charge is 0.306 e. The van der Waals surface area contributed by atoms with Crippen molar-refractivity contribution in [2.45, 2.75) is 411 Å². The van der Waals surface area contributed by atoms with E-state index in [9.17, 15) is 19.5 Å². The predicted octanol–water partition coefficient (Wildman–Crippen LogP) is 26.7. The molecule has 101 heavy (non-hydrogen) atoms. The molecule has 0 rings (SSSR count). The maximum atomic E-state index is 13.0. The molecule has 9 nitrogen and oxygen atoms in total. The second-order valence-electron chi connectivity index (χ2n) is 30.1. The van der Waals surface area contributed by atoms with Crippen LogP contribution in [0.3, 0.4) is 0 Å². The lowest BCUT2D eigenvalue weighted by Gasteiger charge is -2.26. The number of carbonyl (C=O) groups excluding carboxylic acids is 3. The number of likely N-dealkylation sites (N-methyl/N-ethyl adjacent to an activating group) is 1. The average molecular weight is 1410 g/mol. The molecule has 0 aliphatic carbocycles. The van der Waals surface area contributed by atoms with Crippen LogP contribution in [-0.2, 0) is 33.3 Å². The Balaban J connectivity index is 3.98. The average Bonchev–Trinajstić information content (AvgIpc) is 1.25. The second-order valence-corrected chi connectivity index (χ2v) is 30.1. The van der Waals surface area contributed by atoms with E-state index in [1.807, 2.05) is 21.1 Å². The first-order chi connectivity index (χ1) is 49.6. The molecule has 584 valence electrons. The van der Waals surface area contributed by atoms with E-state index in [1.54, 1.807) is 0 Å².